The van der Waals surface area contributed by atoms with Crippen LogP contribution < -0.4 is 19.8 Å². The van der Waals surface area contributed by atoms with Crippen molar-refractivity contribution in [1.82, 2.24) is 10.0 Å². The van der Waals surface area contributed by atoms with Crippen molar-refractivity contribution in [3.8, 4) is 0 Å². The molecule has 0 saturated carbocycles. The van der Waals surface area contributed by atoms with Crippen LogP contribution in [0, 0.1) is 0 Å². The van der Waals surface area contributed by atoms with Crippen molar-refractivity contribution in [1.29, 1.82) is 0 Å². The maximum absolute atomic E-state index is 9.37. The Kier molecular flexibility index (Phi) is 22.0. The number of hydrogen-bond acceptors (Lipinski definition) is 10. The third-order valence-corrected chi connectivity index (χ3v) is 10.0. The molecule has 0 spiro atoms. The molecular weight excluding hydrogens is 908 g/mol. The second kappa shape index (κ2) is 26.8. The third-order valence-electron chi connectivity index (χ3n) is 10.0. The number of rotatable bonds is 18. The fraction of sp³-hybridized carbons (Fsp3) is 0.364. The zero-order valence-electron chi connectivity index (χ0n) is 35.6. The monoisotopic (exact) mass is 964 g/mol. The van der Waals surface area contributed by atoms with Gasteiger partial charge in [0.15, 0.2) is 0 Å². The average molecular weight is 968 g/mol. The van der Waals surface area contributed by atoms with Crippen LogP contribution in [0.2, 0.25) is 0 Å². The normalized spacial score (nSPS) is 18.3. The zero-order valence-corrected chi connectivity index (χ0v) is 41.6. The Balaban J connectivity index is 0.000000242. The van der Waals surface area contributed by atoms with E-state index in [1.165, 1.54) is 22.5 Å². The molecule has 4 atom stereocenters. The van der Waals surface area contributed by atoms with Crippen LogP contribution in [0.4, 0.5) is 22.7 Å². The number of azo groups is 2. The number of halogens is 4. The molecule has 4 aromatic carbocycles. The molecule has 17 heteroatoms. The molecule has 2 aliphatic rings. The number of aliphatic hydroxyl groups is 2. The Bertz CT molecular complexity index is 1790. The summed E-state index contributed by atoms with van der Waals surface area (Å²) in [5.74, 6) is 0. The SMILES string of the molecule is CCN(CC)c1ccc(N=NC2C=CN(CCO)[NH+]2Cc2ccccc2)cc1.CCN(CC)c1ccc(N=NC2C=CN(CCO)[NH+]2Cc2ccccc2)cc1.[Cl][Zn-2]([Cl])([Cl])[Cl]. The molecule has 4 unspecified atom stereocenters. The molecule has 0 aliphatic carbocycles. The van der Waals surface area contributed by atoms with Crippen LogP contribution in [0.3, 0.4) is 0 Å². The fourth-order valence-electron chi connectivity index (χ4n) is 6.90. The molecule has 0 aromatic heterocycles. The van der Waals surface area contributed by atoms with E-state index in [1.54, 1.807) is 0 Å². The van der Waals surface area contributed by atoms with Gasteiger partial charge in [-0.3, -0.25) is 0 Å². The summed E-state index contributed by atoms with van der Waals surface area (Å²) in [7, 11) is 16.8. The summed E-state index contributed by atoms with van der Waals surface area (Å²) in [5.41, 5.74) is 6.57. The second-order valence-electron chi connectivity index (χ2n) is 14.1. The van der Waals surface area contributed by atoms with Gasteiger partial charge in [0.1, 0.15) is 13.1 Å². The van der Waals surface area contributed by atoms with Gasteiger partial charge in [0.05, 0.1) is 50.1 Å². The van der Waals surface area contributed by atoms with Gasteiger partial charge in [0, 0.05) is 60.8 Å². The summed E-state index contributed by atoms with van der Waals surface area (Å²) in [6.07, 6.45) is 7.88. The predicted octanol–water partition coefficient (Wildman–Crippen LogP) is 8.28. The van der Waals surface area contributed by atoms with E-state index in [4.69, 9.17) is 38.8 Å². The quantitative estimate of drug-likeness (QED) is 0.0591. The molecule has 0 amide bonds. The fourth-order valence-corrected chi connectivity index (χ4v) is 6.90. The molecule has 0 fully saturated rings. The molecule has 12 nitrogen and oxygen atoms in total. The second-order valence-corrected chi connectivity index (χ2v) is 41.9. The molecular formula is C44H60Cl4N10O2Zn. The van der Waals surface area contributed by atoms with Crippen molar-refractivity contribution < 1.29 is 31.0 Å². The summed E-state index contributed by atoms with van der Waals surface area (Å²) in [6, 6.07) is 37.1. The molecule has 0 saturated heterocycles. The molecule has 328 valence electrons. The van der Waals surface area contributed by atoms with E-state index in [0.717, 1.165) is 60.7 Å². The van der Waals surface area contributed by atoms with Crippen LogP contribution in [-0.2, 0) is 23.9 Å². The number of anilines is 2. The summed E-state index contributed by atoms with van der Waals surface area (Å²) in [4.78, 5) is 4.61. The van der Waals surface area contributed by atoms with Crippen LogP contribution in [0.5, 0.6) is 0 Å². The molecule has 2 heterocycles. The Morgan fingerprint density at radius 1 is 0.541 bits per heavy atom. The van der Waals surface area contributed by atoms with Crippen LogP contribution in [0.15, 0.2) is 154 Å². The summed E-state index contributed by atoms with van der Waals surface area (Å²) in [5, 5.41) is 43.3. The first-order valence-electron chi connectivity index (χ1n) is 21.0. The van der Waals surface area contributed by atoms with E-state index in [-0.39, 0.29) is 25.5 Å². The molecule has 4 N–H and O–H groups in total. The molecule has 61 heavy (non-hydrogen) atoms. The summed E-state index contributed by atoms with van der Waals surface area (Å²) < 4.78 is 0. The van der Waals surface area contributed by atoms with Crippen molar-refractivity contribution in [3.63, 3.8) is 0 Å². The number of nitrogens with zero attached hydrogens (tertiary/aromatic N) is 8. The van der Waals surface area contributed by atoms with Crippen LogP contribution in [0.1, 0.15) is 38.8 Å². The Labute approximate surface area is 380 Å². The number of quaternary nitrogens is 2. The van der Waals surface area contributed by atoms with Gasteiger partial charge < -0.3 is 20.0 Å². The summed E-state index contributed by atoms with van der Waals surface area (Å²) >= 11 is 0. The van der Waals surface area contributed by atoms with E-state index in [0.29, 0.717) is 13.1 Å². The van der Waals surface area contributed by atoms with E-state index in [1.807, 2.05) is 85.2 Å². The Morgan fingerprint density at radius 2 is 0.869 bits per heavy atom. The van der Waals surface area contributed by atoms with Gasteiger partial charge in [-0.1, -0.05) is 60.7 Å². The first-order valence-corrected chi connectivity index (χ1v) is 36.6. The third kappa shape index (κ3) is 17.2. The van der Waals surface area contributed by atoms with Crippen molar-refractivity contribution in [2.45, 2.75) is 53.1 Å². The molecule has 0 radical (unpaired) electrons. The Hall–Kier alpha value is -3.62. The average Bonchev–Trinajstić information content (AvgIpc) is 3.83. The number of nitrogens with one attached hydrogen (secondary N) is 2. The zero-order chi connectivity index (χ0) is 44.0. The van der Waals surface area contributed by atoms with Gasteiger partial charge in [0.25, 0.3) is 0 Å². The Morgan fingerprint density at radius 3 is 1.16 bits per heavy atom. The minimum atomic E-state index is -3.36. The molecule has 2 aliphatic heterocycles. The van der Waals surface area contributed by atoms with Crippen LogP contribution in [0.25, 0.3) is 0 Å². The van der Waals surface area contributed by atoms with Crippen molar-refractivity contribution in [2.24, 2.45) is 20.5 Å². The van der Waals surface area contributed by atoms with Crippen molar-refractivity contribution in [3.05, 3.63) is 145 Å². The van der Waals surface area contributed by atoms with Crippen molar-refractivity contribution in [2.75, 3.05) is 62.3 Å². The number of β-amino-alcohol motifs (C(OH)–C–C–N with tert-alkyl or cyclic N) is 2. The van der Waals surface area contributed by atoms with Gasteiger partial charge >= 0.3 is 49.6 Å². The minimum absolute atomic E-state index is 0.103. The topological polar surface area (TPSA) is 112 Å². The van der Waals surface area contributed by atoms with Crippen molar-refractivity contribution >= 4 is 61.5 Å². The number of hydrogen-bond donors (Lipinski definition) is 4. The van der Waals surface area contributed by atoms with Gasteiger partial charge in [0.2, 0.25) is 12.3 Å². The van der Waals surface area contributed by atoms with Gasteiger partial charge in [-0.15, -0.1) is 20.5 Å². The van der Waals surface area contributed by atoms with Gasteiger partial charge in [-0.05, 0) is 76.2 Å². The number of aliphatic hydroxyl groups excluding tert-OH is 2. The number of benzene rings is 4. The van der Waals surface area contributed by atoms with E-state index >= 15 is 0 Å². The van der Waals surface area contributed by atoms with Crippen LogP contribution in [-0.4, -0.2) is 85.0 Å². The molecule has 4 aromatic rings. The maximum atomic E-state index is 9.37. The van der Waals surface area contributed by atoms with E-state index in [9.17, 15) is 10.2 Å². The standard InChI is InChI=1S/2C22H29N5O.4ClH.Zn/c2*1-3-25(4-2)21-12-10-20(11-13-21)23-24-22-14-15-26(16-17-28)27(22)18-19-8-6-5-7-9-19;;;;;/h2*5-15,22,28H,3-4,16-18H2,1-2H3;4*1H;/q;;;;;;+2/p-2. The predicted molar refractivity (Wildman–Crippen MR) is 248 cm³/mol. The molecule has 0 bridgehead atoms. The first-order chi connectivity index (χ1) is 29.5. The molecule has 6 rings (SSSR count). The first kappa shape index (κ1) is 50.0. The van der Waals surface area contributed by atoms with Gasteiger partial charge in [-0.25, -0.2) is 20.0 Å². The van der Waals surface area contributed by atoms with Gasteiger partial charge in [-0.2, -0.15) is 0 Å². The van der Waals surface area contributed by atoms with Crippen LogP contribution >= 0.6 is 38.8 Å². The van der Waals surface area contributed by atoms with E-state index < -0.39 is 10.8 Å². The van der Waals surface area contributed by atoms with E-state index in [2.05, 4.69) is 117 Å². The summed E-state index contributed by atoms with van der Waals surface area (Å²) in [6.45, 7) is 15.5.